The number of piperidine rings is 1. The summed E-state index contributed by atoms with van der Waals surface area (Å²) in [4.78, 5) is 16.7. The van der Waals surface area contributed by atoms with Crippen molar-refractivity contribution in [1.82, 2.24) is 9.80 Å². The number of likely N-dealkylation sites (tertiary alicyclic amines) is 1. The summed E-state index contributed by atoms with van der Waals surface area (Å²) in [5.74, 6) is 0. The summed E-state index contributed by atoms with van der Waals surface area (Å²) in [5, 5.41) is 0. The normalized spacial score (nSPS) is 20.4. The highest BCUT2D eigenvalue weighted by atomic mass is 16.2. The molecule has 3 nitrogen and oxygen atoms in total. The van der Waals surface area contributed by atoms with Gasteiger partial charge in [0.25, 0.3) is 0 Å². The van der Waals surface area contributed by atoms with E-state index in [1.54, 1.807) is 0 Å². The van der Waals surface area contributed by atoms with Gasteiger partial charge in [-0.2, -0.15) is 0 Å². The van der Waals surface area contributed by atoms with Crippen molar-refractivity contribution in [2.75, 3.05) is 19.6 Å². The first-order chi connectivity index (χ1) is 8.24. The van der Waals surface area contributed by atoms with E-state index in [2.05, 4.69) is 25.7 Å². The molecular formula is C14H28N2O. The minimum absolute atomic E-state index is 0.278. The molecule has 1 atom stereocenters. The van der Waals surface area contributed by atoms with Crippen LogP contribution in [0.25, 0.3) is 0 Å². The van der Waals surface area contributed by atoms with Gasteiger partial charge in [0.1, 0.15) is 0 Å². The first kappa shape index (κ1) is 14.3. The van der Waals surface area contributed by atoms with Crippen molar-refractivity contribution in [3.05, 3.63) is 0 Å². The Labute approximate surface area is 106 Å². The second-order valence-electron chi connectivity index (χ2n) is 5.02. The van der Waals surface area contributed by atoms with Gasteiger partial charge in [0.15, 0.2) is 0 Å². The summed E-state index contributed by atoms with van der Waals surface area (Å²) >= 11 is 0. The Hall–Kier alpha value is -0.730. The number of hydrogen-bond acceptors (Lipinski definition) is 1. The third-order valence-electron chi connectivity index (χ3n) is 3.60. The van der Waals surface area contributed by atoms with Crippen LogP contribution in [0.2, 0.25) is 0 Å². The Morgan fingerprint density at radius 2 is 1.82 bits per heavy atom. The molecule has 0 saturated carbocycles. The van der Waals surface area contributed by atoms with Crippen molar-refractivity contribution in [2.24, 2.45) is 0 Å². The lowest BCUT2D eigenvalue weighted by molar-refractivity contribution is 0.113. The number of carbonyl (C=O) groups excluding carboxylic acids is 1. The van der Waals surface area contributed by atoms with Gasteiger partial charge in [-0.25, -0.2) is 4.79 Å². The molecule has 1 aliphatic heterocycles. The average molecular weight is 240 g/mol. The van der Waals surface area contributed by atoms with E-state index in [0.29, 0.717) is 6.04 Å². The zero-order valence-corrected chi connectivity index (χ0v) is 11.7. The molecule has 0 bridgehead atoms. The molecule has 1 saturated heterocycles. The number of nitrogens with zero attached hydrogens (tertiary/aromatic N) is 2. The van der Waals surface area contributed by atoms with E-state index in [0.717, 1.165) is 38.9 Å². The van der Waals surface area contributed by atoms with Gasteiger partial charge in [0, 0.05) is 25.7 Å². The monoisotopic (exact) mass is 240 g/mol. The van der Waals surface area contributed by atoms with Crippen LogP contribution in [0.3, 0.4) is 0 Å². The molecule has 0 radical (unpaired) electrons. The van der Waals surface area contributed by atoms with Gasteiger partial charge in [-0.05, 0) is 38.5 Å². The maximum atomic E-state index is 12.5. The van der Waals surface area contributed by atoms with Crippen LogP contribution in [-0.4, -0.2) is 41.5 Å². The molecule has 0 spiro atoms. The molecule has 1 fully saturated rings. The van der Waals surface area contributed by atoms with E-state index >= 15 is 0 Å². The molecule has 0 aromatic rings. The van der Waals surface area contributed by atoms with Crippen LogP contribution in [0.4, 0.5) is 4.79 Å². The fourth-order valence-corrected chi connectivity index (χ4v) is 2.70. The number of urea groups is 1. The Morgan fingerprint density at radius 1 is 1.18 bits per heavy atom. The number of carbonyl (C=O) groups is 1. The average Bonchev–Trinajstić information content (AvgIpc) is 2.37. The van der Waals surface area contributed by atoms with Crippen molar-refractivity contribution in [2.45, 2.75) is 65.3 Å². The van der Waals surface area contributed by atoms with Crippen LogP contribution in [-0.2, 0) is 0 Å². The van der Waals surface area contributed by atoms with Gasteiger partial charge in [-0.1, -0.05) is 20.8 Å². The van der Waals surface area contributed by atoms with E-state index in [4.69, 9.17) is 0 Å². The maximum absolute atomic E-state index is 12.5. The molecule has 1 heterocycles. The first-order valence-electron chi connectivity index (χ1n) is 7.30. The summed E-state index contributed by atoms with van der Waals surface area (Å²) in [5.41, 5.74) is 0. The predicted molar refractivity (Wildman–Crippen MR) is 72.2 cm³/mol. The van der Waals surface area contributed by atoms with E-state index in [9.17, 15) is 4.79 Å². The van der Waals surface area contributed by atoms with E-state index < -0.39 is 0 Å². The van der Waals surface area contributed by atoms with Gasteiger partial charge in [-0.15, -0.1) is 0 Å². The lowest BCUT2D eigenvalue weighted by Gasteiger charge is -2.38. The second kappa shape index (κ2) is 7.57. The summed E-state index contributed by atoms with van der Waals surface area (Å²) < 4.78 is 0. The van der Waals surface area contributed by atoms with E-state index in [-0.39, 0.29) is 6.03 Å². The van der Waals surface area contributed by atoms with Gasteiger partial charge in [0.2, 0.25) is 0 Å². The molecule has 0 aliphatic carbocycles. The molecule has 2 amide bonds. The van der Waals surface area contributed by atoms with E-state index in [1.807, 2.05) is 4.90 Å². The molecule has 1 aliphatic rings. The van der Waals surface area contributed by atoms with Gasteiger partial charge in [0.05, 0.1) is 0 Å². The SMILES string of the molecule is CCCN(CCC)C(=O)N1CCCCC1CC. The van der Waals surface area contributed by atoms with Crippen LogP contribution in [0.15, 0.2) is 0 Å². The Morgan fingerprint density at radius 3 is 2.35 bits per heavy atom. The standard InChI is InChI=1S/C14H28N2O/c1-4-10-15(11-5-2)14(17)16-12-8-7-9-13(16)6-3/h13H,4-12H2,1-3H3. The van der Waals surface area contributed by atoms with Crippen LogP contribution >= 0.6 is 0 Å². The van der Waals surface area contributed by atoms with Crippen molar-refractivity contribution in [3.8, 4) is 0 Å². The highest BCUT2D eigenvalue weighted by Gasteiger charge is 2.28. The first-order valence-corrected chi connectivity index (χ1v) is 7.30. The molecule has 1 rings (SSSR count). The predicted octanol–water partition coefficient (Wildman–Crippen LogP) is 3.49. The Kier molecular flexibility index (Phi) is 6.38. The minimum Gasteiger partial charge on any atom is -0.325 e. The topological polar surface area (TPSA) is 23.6 Å². The molecule has 1 unspecified atom stereocenters. The summed E-state index contributed by atoms with van der Waals surface area (Å²) in [7, 11) is 0. The summed E-state index contributed by atoms with van der Waals surface area (Å²) in [6.07, 6.45) is 6.84. The maximum Gasteiger partial charge on any atom is 0.320 e. The third kappa shape index (κ3) is 3.90. The largest absolute Gasteiger partial charge is 0.325 e. The quantitative estimate of drug-likeness (QED) is 0.721. The fraction of sp³-hybridized carbons (Fsp3) is 0.929. The van der Waals surface area contributed by atoms with Crippen molar-refractivity contribution >= 4 is 6.03 Å². The van der Waals surface area contributed by atoms with Crippen LogP contribution in [0, 0.1) is 0 Å². The fourth-order valence-electron chi connectivity index (χ4n) is 2.70. The number of rotatable bonds is 5. The minimum atomic E-state index is 0.278. The van der Waals surface area contributed by atoms with Gasteiger partial charge in [-0.3, -0.25) is 0 Å². The summed E-state index contributed by atoms with van der Waals surface area (Å²) in [6.45, 7) is 9.24. The number of amides is 2. The molecule has 0 aromatic heterocycles. The van der Waals surface area contributed by atoms with Gasteiger partial charge < -0.3 is 9.80 Å². The molecular weight excluding hydrogens is 212 g/mol. The molecule has 3 heteroatoms. The van der Waals surface area contributed by atoms with Crippen molar-refractivity contribution in [3.63, 3.8) is 0 Å². The van der Waals surface area contributed by atoms with Crippen LogP contribution < -0.4 is 0 Å². The molecule has 17 heavy (non-hydrogen) atoms. The third-order valence-corrected chi connectivity index (χ3v) is 3.60. The second-order valence-corrected chi connectivity index (χ2v) is 5.02. The Bertz CT molecular complexity index is 224. The number of hydrogen-bond donors (Lipinski definition) is 0. The molecule has 0 N–H and O–H groups in total. The highest BCUT2D eigenvalue weighted by Crippen LogP contribution is 2.21. The Balaban J connectivity index is 2.62. The highest BCUT2D eigenvalue weighted by molar-refractivity contribution is 5.75. The molecule has 100 valence electrons. The van der Waals surface area contributed by atoms with Crippen molar-refractivity contribution < 1.29 is 4.79 Å². The summed E-state index contributed by atoms with van der Waals surface area (Å²) in [6, 6.07) is 0.757. The van der Waals surface area contributed by atoms with Crippen LogP contribution in [0.5, 0.6) is 0 Å². The smallest absolute Gasteiger partial charge is 0.320 e. The van der Waals surface area contributed by atoms with E-state index in [1.165, 1.54) is 19.3 Å². The van der Waals surface area contributed by atoms with Crippen molar-refractivity contribution in [1.29, 1.82) is 0 Å². The van der Waals surface area contributed by atoms with Gasteiger partial charge >= 0.3 is 6.03 Å². The van der Waals surface area contributed by atoms with Crippen LogP contribution in [0.1, 0.15) is 59.3 Å². The zero-order valence-electron chi connectivity index (χ0n) is 11.7. The molecule has 0 aromatic carbocycles. The lowest BCUT2D eigenvalue weighted by atomic mass is 10.0. The lowest BCUT2D eigenvalue weighted by Crippen LogP contribution is -2.50. The zero-order chi connectivity index (χ0) is 12.7.